The number of rotatable bonds is 6. The normalized spacial score (nSPS) is 18.2. The number of nitrogens with one attached hydrogen (secondary N) is 1. The maximum Gasteiger partial charge on any atom is 0.253 e. The first-order valence-corrected chi connectivity index (χ1v) is 7.24. The summed E-state index contributed by atoms with van der Waals surface area (Å²) in [4.78, 5) is 14.0. The highest BCUT2D eigenvalue weighted by Crippen LogP contribution is 2.16. The summed E-state index contributed by atoms with van der Waals surface area (Å²) in [7, 11) is 3.46. The summed E-state index contributed by atoms with van der Waals surface area (Å²) < 4.78 is 5.01. The van der Waals surface area contributed by atoms with Crippen LogP contribution in [-0.4, -0.2) is 51.2 Å². The summed E-state index contributed by atoms with van der Waals surface area (Å²) in [6, 6.07) is 8.02. The summed E-state index contributed by atoms with van der Waals surface area (Å²) in [5.41, 5.74) is 2.02. The molecule has 4 nitrogen and oxygen atoms in total. The lowest BCUT2D eigenvalue weighted by atomic mass is 9.97. The van der Waals surface area contributed by atoms with Crippen molar-refractivity contribution in [2.24, 2.45) is 5.92 Å². The van der Waals surface area contributed by atoms with Crippen molar-refractivity contribution in [2.75, 3.05) is 40.4 Å². The second kappa shape index (κ2) is 7.41. The zero-order valence-corrected chi connectivity index (χ0v) is 12.4. The number of nitrogens with zero attached hydrogens (tertiary/aromatic N) is 1. The number of hydrogen-bond donors (Lipinski definition) is 1. The van der Waals surface area contributed by atoms with Crippen LogP contribution in [0.4, 0.5) is 0 Å². The number of carbonyl (C=O) groups is 1. The molecular formula is C16H24N2O2. The van der Waals surface area contributed by atoms with E-state index in [-0.39, 0.29) is 5.91 Å². The molecule has 1 fully saturated rings. The minimum absolute atomic E-state index is 0.0634. The summed E-state index contributed by atoms with van der Waals surface area (Å²) in [6.45, 7) is 3.39. The van der Waals surface area contributed by atoms with Crippen LogP contribution in [0, 0.1) is 5.92 Å². The Morgan fingerprint density at radius 3 is 3.05 bits per heavy atom. The maximum atomic E-state index is 12.3. The van der Waals surface area contributed by atoms with E-state index in [1.54, 1.807) is 12.0 Å². The molecule has 0 aliphatic carbocycles. The molecule has 0 spiro atoms. The van der Waals surface area contributed by atoms with E-state index >= 15 is 0 Å². The number of benzene rings is 1. The third kappa shape index (κ3) is 4.05. The van der Waals surface area contributed by atoms with Gasteiger partial charge in [0.15, 0.2) is 0 Å². The lowest BCUT2D eigenvalue weighted by molar-refractivity contribution is 0.0744. The molecule has 1 aliphatic heterocycles. The minimum Gasteiger partial charge on any atom is -0.383 e. The molecule has 0 saturated carbocycles. The van der Waals surface area contributed by atoms with E-state index in [0.29, 0.717) is 19.1 Å². The van der Waals surface area contributed by atoms with Crippen LogP contribution < -0.4 is 5.32 Å². The van der Waals surface area contributed by atoms with Gasteiger partial charge in [-0.15, -0.1) is 0 Å². The first-order chi connectivity index (χ1) is 9.70. The zero-order chi connectivity index (χ0) is 14.4. The summed E-state index contributed by atoms with van der Waals surface area (Å²) in [6.07, 6.45) is 2.28. The lowest BCUT2D eigenvalue weighted by Gasteiger charge is -2.17. The molecule has 0 bridgehead atoms. The predicted octanol–water partition coefficient (Wildman–Crippen LogP) is 1.56. The Labute approximate surface area is 121 Å². The largest absolute Gasteiger partial charge is 0.383 e. The van der Waals surface area contributed by atoms with E-state index in [1.807, 2.05) is 25.2 Å². The molecular weight excluding hydrogens is 252 g/mol. The van der Waals surface area contributed by atoms with Crippen LogP contribution >= 0.6 is 0 Å². The molecule has 1 amide bonds. The SMILES string of the molecule is COCCN(C)C(=O)c1cccc(CC2CCNC2)c1. The number of carbonyl (C=O) groups excluding carboxylic acids is 1. The highest BCUT2D eigenvalue weighted by atomic mass is 16.5. The van der Waals surface area contributed by atoms with E-state index < -0.39 is 0 Å². The predicted molar refractivity (Wildman–Crippen MR) is 80.0 cm³/mol. The fourth-order valence-electron chi connectivity index (χ4n) is 2.60. The molecule has 1 aromatic carbocycles. The molecule has 1 heterocycles. The smallest absolute Gasteiger partial charge is 0.253 e. The summed E-state index contributed by atoms with van der Waals surface area (Å²) >= 11 is 0. The van der Waals surface area contributed by atoms with Gasteiger partial charge in [0, 0.05) is 26.3 Å². The third-order valence-corrected chi connectivity index (χ3v) is 3.84. The average molecular weight is 276 g/mol. The standard InChI is InChI=1S/C16H24N2O2/c1-18(8-9-20-2)16(19)15-5-3-4-13(11-15)10-14-6-7-17-12-14/h3-5,11,14,17H,6-10,12H2,1-2H3. The van der Waals surface area contributed by atoms with Gasteiger partial charge in [-0.3, -0.25) is 4.79 Å². The van der Waals surface area contributed by atoms with Crippen LogP contribution in [0.2, 0.25) is 0 Å². The Balaban J connectivity index is 1.98. The minimum atomic E-state index is 0.0634. The number of methoxy groups -OCH3 is 1. The average Bonchev–Trinajstić information content (AvgIpc) is 2.97. The summed E-state index contributed by atoms with van der Waals surface area (Å²) in [5.74, 6) is 0.764. The van der Waals surface area contributed by atoms with E-state index in [1.165, 1.54) is 12.0 Å². The van der Waals surface area contributed by atoms with Crippen molar-refractivity contribution in [3.63, 3.8) is 0 Å². The number of ether oxygens (including phenoxy) is 1. The van der Waals surface area contributed by atoms with Gasteiger partial charge in [0.2, 0.25) is 0 Å². The quantitative estimate of drug-likeness (QED) is 0.857. The van der Waals surface area contributed by atoms with Crippen LogP contribution in [0.3, 0.4) is 0 Å². The van der Waals surface area contributed by atoms with Gasteiger partial charge < -0.3 is 15.0 Å². The molecule has 2 rings (SSSR count). The van der Waals surface area contributed by atoms with Gasteiger partial charge in [-0.1, -0.05) is 12.1 Å². The summed E-state index contributed by atoms with van der Waals surface area (Å²) in [5, 5.41) is 3.38. The molecule has 110 valence electrons. The molecule has 1 unspecified atom stereocenters. The van der Waals surface area contributed by atoms with Crippen molar-refractivity contribution in [2.45, 2.75) is 12.8 Å². The number of likely N-dealkylation sites (N-methyl/N-ethyl adjacent to an activating group) is 1. The number of hydrogen-bond acceptors (Lipinski definition) is 3. The first kappa shape index (κ1) is 15.0. The van der Waals surface area contributed by atoms with Gasteiger partial charge in [-0.2, -0.15) is 0 Å². The molecule has 4 heteroatoms. The molecule has 0 aromatic heterocycles. The van der Waals surface area contributed by atoms with Crippen LogP contribution in [0.15, 0.2) is 24.3 Å². The molecule has 1 saturated heterocycles. The first-order valence-electron chi connectivity index (χ1n) is 7.24. The van der Waals surface area contributed by atoms with Crippen molar-refractivity contribution in [1.82, 2.24) is 10.2 Å². The lowest BCUT2D eigenvalue weighted by Crippen LogP contribution is -2.30. The van der Waals surface area contributed by atoms with Crippen molar-refractivity contribution in [1.29, 1.82) is 0 Å². The van der Waals surface area contributed by atoms with Crippen LogP contribution in [-0.2, 0) is 11.2 Å². The Morgan fingerprint density at radius 1 is 1.50 bits per heavy atom. The highest BCUT2D eigenvalue weighted by molar-refractivity contribution is 5.94. The second-order valence-corrected chi connectivity index (χ2v) is 5.48. The second-order valence-electron chi connectivity index (χ2n) is 5.48. The molecule has 1 aromatic rings. The highest BCUT2D eigenvalue weighted by Gasteiger charge is 2.16. The third-order valence-electron chi connectivity index (χ3n) is 3.84. The van der Waals surface area contributed by atoms with Gasteiger partial charge in [-0.25, -0.2) is 0 Å². The van der Waals surface area contributed by atoms with Gasteiger partial charge in [-0.05, 0) is 49.5 Å². The van der Waals surface area contributed by atoms with Gasteiger partial charge in [0.25, 0.3) is 5.91 Å². The Hall–Kier alpha value is -1.39. The Morgan fingerprint density at radius 2 is 2.35 bits per heavy atom. The Bertz CT molecular complexity index is 442. The molecule has 1 atom stereocenters. The van der Waals surface area contributed by atoms with Crippen molar-refractivity contribution >= 4 is 5.91 Å². The van der Waals surface area contributed by atoms with E-state index in [9.17, 15) is 4.79 Å². The molecule has 20 heavy (non-hydrogen) atoms. The fourth-order valence-corrected chi connectivity index (χ4v) is 2.60. The van der Waals surface area contributed by atoms with E-state index in [2.05, 4.69) is 11.4 Å². The van der Waals surface area contributed by atoms with E-state index in [4.69, 9.17) is 4.74 Å². The van der Waals surface area contributed by atoms with Crippen LogP contribution in [0.25, 0.3) is 0 Å². The van der Waals surface area contributed by atoms with Gasteiger partial charge >= 0.3 is 0 Å². The van der Waals surface area contributed by atoms with Crippen LogP contribution in [0.1, 0.15) is 22.3 Å². The fraction of sp³-hybridized carbons (Fsp3) is 0.562. The van der Waals surface area contributed by atoms with Crippen LogP contribution in [0.5, 0.6) is 0 Å². The molecule has 1 N–H and O–H groups in total. The maximum absolute atomic E-state index is 12.3. The zero-order valence-electron chi connectivity index (χ0n) is 12.4. The van der Waals surface area contributed by atoms with Crippen molar-refractivity contribution in [3.05, 3.63) is 35.4 Å². The topological polar surface area (TPSA) is 41.6 Å². The van der Waals surface area contributed by atoms with Crippen molar-refractivity contribution < 1.29 is 9.53 Å². The molecule has 1 aliphatic rings. The molecule has 0 radical (unpaired) electrons. The van der Waals surface area contributed by atoms with Gasteiger partial charge in [0.05, 0.1) is 6.61 Å². The number of amides is 1. The Kier molecular flexibility index (Phi) is 5.56. The van der Waals surface area contributed by atoms with Gasteiger partial charge in [0.1, 0.15) is 0 Å². The van der Waals surface area contributed by atoms with Crippen molar-refractivity contribution in [3.8, 4) is 0 Å². The van der Waals surface area contributed by atoms with E-state index in [0.717, 1.165) is 25.1 Å². The monoisotopic (exact) mass is 276 g/mol.